The number of pyridine rings is 1. The third-order valence-corrected chi connectivity index (χ3v) is 3.47. The maximum atomic E-state index is 13.7. The van der Waals surface area contributed by atoms with Crippen molar-refractivity contribution in [1.29, 1.82) is 0 Å². The van der Waals surface area contributed by atoms with Crippen LogP contribution < -0.4 is 10.6 Å². The Morgan fingerprint density at radius 2 is 2.29 bits per heavy atom. The lowest BCUT2D eigenvalue weighted by molar-refractivity contribution is -0.00177. The Kier molecular flexibility index (Phi) is 4.68. The standard InChI is InChI=1S/C14H19ClFN3O2/c1-14(2,21)11(16)7-18-13(20)9-6-17-12(15)5-10(9)19-8-3-4-8/h5-6,8,11,21H,3-4,7H2,1-2H3,(H,17,19)(H,18,20)/t11-/m1/s1. The van der Waals surface area contributed by atoms with Crippen molar-refractivity contribution >= 4 is 23.2 Å². The van der Waals surface area contributed by atoms with E-state index in [0.717, 1.165) is 12.8 Å². The summed E-state index contributed by atoms with van der Waals surface area (Å²) in [6.07, 6.45) is 1.90. The zero-order valence-corrected chi connectivity index (χ0v) is 12.7. The topological polar surface area (TPSA) is 74.2 Å². The van der Waals surface area contributed by atoms with Gasteiger partial charge >= 0.3 is 0 Å². The molecule has 1 aliphatic carbocycles. The number of alkyl halides is 1. The lowest BCUT2D eigenvalue weighted by Crippen LogP contribution is -2.42. The third kappa shape index (κ3) is 4.54. The lowest BCUT2D eigenvalue weighted by atomic mass is 10.0. The second-order valence-electron chi connectivity index (χ2n) is 5.80. The SMILES string of the molecule is CC(C)(O)[C@H](F)CNC(=O)c1cnc(Cl)cc1NC1CC1. The lowest BCUT2D eigenvalue weighted by Gasteiger charge is -2.22. The number of anilines is 1. The molecule has 0 unspecified atom stereocenters. The summed E-state index contributed by atoms with van der Waals surface area (Å²) in [5, 5.41) is 15.5. The highest BCUT2D eigenvalue weighted by atomic mass is 35.5. The molecule has 0 spiro atoms. The second-order valence-corrected chi connectivity index (χ2v) is 6.19. The predicted molar refractivity (Wildman–Crippen MR) is 79.4 cm³/mol. The molecule has 0 aliphatic heterocycles. The molecule has 0 saturated heterocycles. The van der Waals surface area contributed by atoms with E-state index in [9.17, 15) is 14.3 Å². The van der Waals surface area contributed by atoms with E-state index in [4.69, 9.17) is 11.6 Å². The molecule has 1 aromatic heterocycles. The summed E-state index contributed by atoms with van der Waals surface area (Å²) in [7, 11) is 0. The Hall–Kier alpha value is -1.40. The molecule has 1 fully saturated rings. The average molecular weight is 316 g/mol. The summed E-state index contributed by atoms with van der Waals surface area (Å²) >= 11 is 5.84. The fourth-order valence-electron chi connectivity index (χ4n) is 1.71. The maximum absolute atomic E-state index is 13.7. The molecule has 1 heterocycles. The molecule has 1 aliphatic rings. The Labute approximate surface area is 127 Å². The van der Waals surface area contributed by atoms with Gasteiger partial charge in [-0.2, -0.15) is 0 Å². The van der Waals surface area contributed by atoms with Crippen LogP contribution in [0, 0.1) is 0 Å². The molecule has 2 rings (SSSR count). The number of carbonyl (C=O) groups is 1. The van der Waals surface area contributed by atoms with Crippen LogP contribution in [0.5, 0.6) is 0 Å². The Morgan fingerprint density at radius 3 is 2.86 bits per heavy atom. The second kappa shape index (κ2) is 6.15. The number of nitrogens with one attached hydrogen (secondary N) is 2. The Morgan fingerprint density at radius 1 is 1.62 bits per heavy atom. The zero-order chi connectivity index (χ0) is 15.6. The van der Waals surface area contributed by atoms with Crippen molar-refractivity contribution in [3.8, 4) is 0 Å². The summed E-state index contributed by atoms with van der Waals surface area (Å²) < 4.78 is 13.7. The number of aromatic nitrogens is 1. The van der Waals surface area contributed by atoms with Gasteiger partial charge < -0.3 is 15.7 Å². The molecule has 116 valence electrons. The van der Waals surface area contributed by atoms with Crippen molar-refractivity contribution in [3.05, 3.63) is 23.0 Å². The van der Waals surface area contributed by atoms with Gasteiger partial charge in [-0.25, -0.2) is 9.37 Å². The number of hydrogen-bond donors (Lipinski definition) is 3. The van der Waals surface area contributed by atoms with Gasteiger partial charge in [-0.1, -0.05) is 11.6 Å². The summed E-state index contributed by atoms with van der Waals surface area (Å²) in [4.78, 5) is 16.0. The van der Waals surface area contributed by atoms with E-state index in [-0.39, 0.29) is 11.7 Å². The van der Waals surface area contributed by atoms with Crippen LogP contribution in [0.3, 0.4) is 0 Å². The molecular formula is C14H19ClFN3O2. The number of hydrogen-bond acceptors (Lipinski definition) is 4. The van der Waals surface area contributed by atoms with Gasteiger partial charge in [0.15, 0.2) is 0 Å². The molecule has 0 bridgehead atoms. The molecule has 0 aromatic carbocycles. The largest absolute Gasteiger partial charge is 0.387 e. The van der Waals surface area contributed by atoms with Crippen molar-refractivity contribution in [2.75, 3.05) is 11.9 Å². The highest BCUT2D eigenvalue weighted by molar-refractivity contribution is 6.29. The number of aliphatic hydroxyl groups is 1. The molecule has 3 N–H and O–H groups in total. The van der Waals surface area contributed by atoms with Crippen molar-refractivity contribution < 1.29 is 14.3 Å². The highest BCUT2D eigenvalue weighted by Gasteiger charge is 2.28. The van der Waals surface area contributed by atoms with Crippen molar-refractivity contribution in [2.45, 2.75) is 44.5 Å². The first kappa shape index (κ1) is 16.0. The predicted octanol–water partition coefficient (Wildman–Crippen LogP) is 2.15. The number of rotatable bonds is 6. The quantitative estimate of drug-likeness (QED) is 0.703. The van der Waals surface area contributed by atoms with Crippen LogP contribution in [-0.4, -0.2) is 40.4 Å². The van der Waals surface area contributed by atoms with Gasteiger partial charge in [0.2, 0.25) is 0 Å². The van der Waals surface area contributed by atoms with Crippen LogP contribution in [0.15, 0.2) is 12.3 Å². The van der Waals surface area contributed by atoms with Crippen LogP contribution in [0.1, 0.15) is 37.0 Å². The normalized spacial score (nSPS) is 16.4. The monoisotopic (exact) mass is 315 g/mol. The molecule has 1 amide bonds. The molecule has 1 atom stereocenters. The van der Waals surface area contributed by atoms with E-state index >= 15 is 0 Å². The smallest absolute Gasteiger partial charge is 0.255 e. The van der Waals surface area contributed by atoms with E-state index < -0.39 is 17.7 Å². The van der Waals surface area contributed by atoms with Gasteiger partial charge in [0, 0.05) is 12.2 Å². The number of carbonyl (C=O) groups excluding carboxylic acids is 1. The first-order valence-electron chi connectivity index (χ1n) is 6.84. The minimum absolute atomic E-state index is 0.270. The fourth-order valence-corrected chi connectivity index (χ4v) is 1.86. The van der Waals surface area contributed by atoms with Gasteiger partial charge in [-0.15, -0.1) is 0 Å². The van der Waals surface area contributed by atoms with Gasteiger partial charge in [0.25, 0.3) is 5.91 Å². The van der Waals surface area contributed by atoms with Crippen molar-refractivity contribution in [2.24, 2.45) is 0 Å². The average Bonchev–Trinajstić information content (AvgIpc) is 3.18. The number of nitrogens with zero attached hydrogens (tertiary/aromatic N) is 1. The van der Waals surface area contributed by atoms with Gasteiger partial charge in [-0.05, 0) is 32.8 Å². The van der Waals surface area contributed by atoms with Crippen LogP contribution in [0.25, 0.3) is 0 Å². The molecule has 7 heteroatoms. The maximum Gasteiger partial charge on any atom is 0.255 e. The molecule has 0 radical (unpaired) electrons. The van der Waals surface area contributed by atoms with Crippen LogP contribution in [0.2, 0.25) is 5.15 Å². The van der Waals surface area contributed by atoms with Crippen molar-refractivity contribution in [3.63, 3.8) is 0 Å². The Bertz CT molecular complexity index is 529. The van der Waals surface area contributed by atoms with E-state index in [1.165, 1.54) is 20.0 Å². The summed E-state index contributed by atoms with van der Waals surface area (Å²) in [6, 6.07) is 1.93. The summed E-state index contributed by atoms with van der Waals surface area (Å²) in [5.74, 6) is -0.450. The van der Waals surface area contributed by atoms with Gasteiger partial charge in [-0.3, -0.25) is 4.79 Å². The molecule has 21 heavy (non-hydrogen) atoms. The molecule has 5 nitrogen and oxygen atoms in total. The minimum atomic E-state index is -1.55. The van der Waals surface area contributed by atoms with Crippen molar-refractivity contribution in [1.82, 2.24) is 10.3 Å². The number of amides is 1. The van der Waals surface area contributed by atoms with E-state index in [2.05, 4.69) is 15.6 Å². The van der Waals surface area contributed by atoms with E-state index in [0.29, 0.717) is 17.3 Å². The highest BCUT2D eigenvalue weighted by Crippen LogP contribution is 2.28. The van der Waals surface area contributed by atoms with Gasteiger partial charge in [0.1, 0.15) is 11.3 Å². The molecule has 1 aromatic rings. The molecule has 1 saturated carbocycles. The van der Waals surface area contributed by atoms with E-state index in [1.807, 2.05) is 0 Å². The fraction of sp³-hybridized carbons (Fsp3) is 0.571. The Balaban J connectivity index is 2.04. The first-order valence-corrected chi connectivity index (χ1v) is 7.22. The first-order chi connectivity index (χ1) is 9.77. The van der Waals surface area contributed by atoms with Gasteiger partial charge in [0.05, 0.1) is 23.4 Å². The summed E-state index contributed by atoms with van der Waals surface area (Å²) in [6.45, 7) is 2.44. The zero-order valence-electron chi connectivity index (χ0n) is 12.0. The van der Waals surface area contributed by atoms with Crippen LogP contribution in [0.4, 0.5) is 10.1 Å². The summed E-state index contributed by atoms with van der Waals surface area (Å²) in [5.41, 5.74) is -0.594. The van der Waals surface area contributed by atoms with Crippen LogP contribution >= 0.6 is 11.6 Å². The third-order valence-electron chi connectivity index (χ3n) is 3.26. The van der Waals surface area contributed by atoms with Crippen LogP contribution in [-0.2, 0) is 0 Å². The minimum Gasteiger partial charge on any atom is -0.387 e. The molecular weight excluding hydrogens is 297 g/mol. The van der Waals surface area contributed by atoms with E-state index in [1.54, 1.807) is 6.07 Å². The number of halogens is 2.